The molecule has 0 aliphatic heterocycles. The van der Waals surface area contributed by atoms with E-state index in [1.165, 1.54) is 11.1 Å². The summed E-state index contributed by atoms with van der Waals surface area (Å²) in [5.74, 6) is 0.847. The molecule has 1 N–H and O–H groups in total. The molecule has 20 heavy (non-hydrogen) atoms. The van der Waals surface area contributed by atoms with Crippen molar-refractivity contribution in [3.05, 3.63) is 64.7 Å². The predicted octanol–water partition coefficient (Wildman–Crippen LogP) is 3.86. The van der Waals surface area contributed by atoms with Crippen molar-refractivity contribution >= 4 is 11.6 Å². The molecule has 1 unspecified atom stereocenters. The normalized spacial score (nSPS) is 12.2. The van der Waals surface area contributed by atoms with Crippen LogP contribution in [0.25, 0.3) is 0 Å². The fourth-order valence-corrected chi connectivity index (χ4v) is 2.20. The van der Waals surface area contributed by atoms with Crippen molar-refractivity contribution in [3.8, 4) is 5.75 Å². The molecular weight excluding hydrogens is 270 g/mol. The Labute approximate surface area is 125 Å². The van der Waals surface area contributed by atoms with Gasteiger partial charge in [0.1, 0.15) is 12.4 Å². The highest BCUT2D eigenvalue weighted by Crippen LogP contribution is 2.16. The van der Waals surface area contributed by atoms with Gasteiger partial charge in [-0.15, -0.1) is 0 Å². The molecule has 0 fully saturated rings. The van der Waals surface area contributed by atoms with Gasteiger partial charge >= 0.3 is 0 Å². The van der Waals surface area contributed by atoms with E-state index in [1.807, 2.05) is 31.3 Å². The predicted molar refractivity (Wildman–Crippen MR) is 84.7 cm³/mol. The van der Waals surface area contributed by atoms with Gasteiger partial charge in [-0.25, -0.2) is 0 Å². The Morgan fingerprint density at radius 3 is 2.45 bits per heavy atom. The fraction of sp³-hybridized carbons (Fsp3) is 0.294. The van der Waals surface area contributed by atoms with E-state index in [9.17, 15) is 0 Å². The number of hydrogen-bond acceptors (Lipinski definition) is 2. The third kappa shape index (κ3) is 4.26. The summed E-state index contributed by atoms with van der Waals surface area (Å²) in [7, 11) is 1.97. The summed E-state index contributed by atoms with van der Waals surface area (Å²) in [6.45, 7) is 2.77. The summed E-state index contributed by atoms with van der Waals surface area (Å²) in [6, 6.07) is 16.2. The van der Waals surface area contributed by atoms with Gasteiger partial charge in [0, 0.05) is 11.1 Å². The first kappa shape index (κ1) is 14.9. The Kier molecular flexibility index (Phi) is 5.45. The van der Waals surface area contributed by atoms with Crippen LogP contribution in [-0.2, 0) is 6.42 Å². The molecule has 3 heteroatoms. The molecule has 0 aliphatic carbocycles. The van der Waals surface area contributed by atoms with Crippen LogP contribution in [0.4, 0.5) is 0 Å². The summed E-state index contributed by atoms with van der Waals surface area (Å²) < 4.78 is 5.80. The van der Waals surface area contributed by atoms with Crippen LogP contribution < -0.4 is 10.1 Å². The Morgan fingerprint density at radius 1 is 1.10 bits per heavy atom. The van der Waals surface area contributed by atoms with Crippen molar-refractivity contribution in [1.82, 2.24) is 5.32 Å². The standard InChI is InChI=1S/C17H20ClNO/c1-13-5-3-4-6-14(13)11-16(19-2)12-20-17-9-7-15(18)8-10-17/h3-10,16,19H,11-12H2,1-2H3. The largest absolute Gasteiger partial charge is 0.492 e. The maximum atomic E-state index is 5.86. The number of likely N-dealkylation sites (N-methyl/N-ethyl adjacent to an activating group) is 1. The maximum absolute atomic E-state index is 5.86. The Balaban J connectivity index is 1.92. The molecule has 0 heterocycles. The summed E-state index contributed by atoms with van der Waals surface area (Å²) >= 11 is 5.86. The molecule has 0 bridgehead atoms. The Morgan fingerprint density at radius 2 is 1.80 bits per heavy atom. The van der Waals surface area contributed by atoms with E-state index in [0.29, 0.717) is 6.61 Å². The number of ether oxygens (including phenoxy) is 1. The SMILES string of the molecule is CNC(COc1ccc(Cl)cc1)Cc1ccccc1C. The number of halogens is 1. The second-order valence-electron chi connectivity index (χ2n) is 4.88. The first-order valence-corrected chi connectivity index (χ1v) is 7.17. The van der Waals surface area contributed by atoms with Gasteiger partial charge in [-0.2, -0.15) is 0 Å². The molecule has 0 radical (unpaired) electrons. The van der Waals surface area contributed by atoms with Gasteiger partial charge in [0.15, 0.2) is 0 Å². The average molecular weight is 290 g/mol. The number of benzene rings is 2. The molecule has 0 saturated carbocycles. The molecule has 2 rings (SSSR count). The minimum absolute atomic E-state index is 0.284. The van der Waals surface area contributed by atoms with Gasteiger partial charge in [0.05, 0.1) is 0 Å². The average Bonchev–Trinajstić information content (AvgIpc) is 2.47. The third-order valence-corrected chi connectivity index (χ3v) is 3.65. The van der Waals surface area contributed by atoms with Gasteiger partial charge < -0.3 is 10.1 Å². The lowest BCUT2D eigenvalue weighted by atomic mass is 10.0. The number of nitrogens with one attached hydrogen (secondary N) is 1. The van der Waals surface area contributed by atoms with Crippen LogP contribution in [0, 0.1) is 6.92 Å². The Hall–Kier alpha value is -1.51. The monoisotopic (exact) mass is 289 g/mol. The highest BCUT2D eigenvalue weighted by molar-refractivity contribution is 6.30. The summed E-state index contributed by atoms with van der Waals surface area (Å²) in [4.78, 5) is 0. The van der Waals surface area contributed by atoms with Crippen molar-refractivity contribution in [2.75, 3.05) is 13.7 Å². The van der Waals surface area contributed by atoms with E-state index in [2.05, 4.69) is 36.5 Å². The maximum Gasteiger partial charge on any atom is 0.119 e. The quantitative estimate of drug-likeness (QED) is 0.872. The van der Waals surface area contributed by atoms with Crippen molar-refractivity contribution in [2.45, 2.75) is 19.4 Å². The van der Waals surface area contributed by atoms with Crippen LogP contribution >= 0.6 is 11.6 Å². The smallest absolute Gasteiger partial charge is 0.119 e. The second kappa shape index (κ2) is 7.32. The lowest BCUT2D eigenvalue weighted by Gasteiger charge is -2.18. The molecule has 0 amide bonds. The van der Waals surface area contributed by atoms with Crippen molar-refractivity contribution in [3.63, 3.8) is 0 Å². The minimum Gasteiger partial charge on any atom is -0.492 e. The highest BCUT2D eigenvalue weighted by Gasteiger charge is 2.09. The van der Waals surface area contributed by atoms with Crippen molar-refractivity contribution in [1.29, 1.82) is 0 Å². The van der Waals surface area contributed by atoms with Crippen LogP contribution in [0.2, 0.25) is 5.02 Å². The van der Waals surface area contributed by atoms with E-state index < -0.39 is 0 Å². The van der Waals surface area contributed by atoms with Crippen LogP contribution in [0.15, 0.2) is 48.5 Å². The first-order valence-electron chi connectivity index (χ1n) is 6.79. The van der Waals surface area contributed by atoms with Crippen LogP contribution in [0.3, 0.4) is 0 Å². The van der Waals surface area contributed by atoms with Gasteiger partial charge in [0.2, 0.25) is 0 Å². The van der Waals surface area contributed by atoms with Crippen LogP contribution in [0.5, 0.6) is 5.75 Å². The van der Waals surface area contributed by atoms with Crippen molar-refractivity contribution in [2.24, 2.45) is 0 Å². The van der Waals surface area contributed by atoms with E-state index in [0.717, 1.165) is 17.2 Å². The topological polar surface area (TPSA) is 21.3 Å². The highest BCUT2D eigenvalue weighted by atomic mass is 35.5. The van der Waals surface area contributed by atoms with Gasteiger partial charge in [-0.05, 0) is 55.8 Å². The second-order valence-corrected chi connectivity index (χ2v) is 5.32. The molecule has 0 aromatic heterocycles. The Bertz CT molecular complexity index is 539. The zero-order chi connectivity index (χ0) is 14.4. The number of rotatable bonds is 6. The molecular formula is C17H20ClNO. The molecule has 2 nitrogen and oxygen atoms in total. The van der Waals surface area contributed by atoms with Gasteiger partial charge in [-0.1, -0.05) is 35.9 Å². The molecule has 0 aliphatic rings. The summed E-state index contributed by atoms with van der Waals surface area (Å²) in [6.07, 6.45) is 0.955. The molecule has 106 valence electrons. The van der Waals surface area contributed by atoms with Gasteiger partial charge in [-0.3, -0.25) is 0 Å². The van der Waals surface area contributed by atoms with Crippen LogP contribution in [-0.4, -0.2) is 19.7 Å². The molecule has 0 spiro atoms. The first-order chi connectivity index (χ1) is 9.69. The third-order valence-electron chi connectivity index (χ3n) is 3.40. The fourth-order valence-electron chi connectivity index (χ4n) is 2.08. The molecule has 2 aromatic carbocycles. The lowest BCUT2D eigenvalue weighted by molar-refractivity contribution is 0.269. The van der Waals surface area contributed by atoms with E-state index in [4.69, 9.17) is 16.3 Å². The summed E-state index contributed by atoms with van der Waals surface area (Å²) in [5.41, 5.74) is 2.67. The van der Waals surface area contributed by atoms with E-state index in [-0.39, 0.29) is 6.04 Å². The zero-order valence-corrected chi connectivity index (χ0v) is 12.7. The number of aryl methyl sites for hydroxylation is 1. The van der Waals surface area contributed by atoms with E-state index in [1.54, 1.807) is 0 Å². The summed E-state index contributed by atoms with van der Waals surface area (Å²) in [5, 5.41) is 4.03. The molecule has 1 atom stereocenters. The number of hydrogen-bond donors (Lipinski definition) is 1. The minimum atomic E-state index is 0.284. The molecule has 0 saturated heterocycles. The van der Waals surface area contributed by atoms with Gasteiger partial charge in [0.25, 0.3) is 0 Å². The molecule has 2 aromatic rings. The van der Waals surface area contributed by atoms with Crippen molar-refractivity contribution < 1.29 is 4.74 Å². The van der Waals surface area contributed by atoms with E-state index >= 15 is 0 Å². The lowest BCUT2D eigenvalue weighted by Crippen LogP contribution is -2.34. The van der Waals surface area contributed by atoms with Crippen LogP contribution in [0.1, 0.15) is 11.1 Å². The zero-order valence-electron chi connectivity index (χ0n) is 11.9.